The van der Waals surface area contributed by atoms with Crippen LogP contribution in [0.15, 0.2) is 40.9 Å². The summed E-state index contributed by atoms with van der Waals surface area (Å²) in [5.41, 5.74) is 3.83. The standard InChI is InChI=1S/C16H17BrN2O2/c1-10-4-6-13(7-5-10)12(3)18-15-9-16(19(20)21)11(2)8-14(15)17/h4-9,12,18H,1-3H3. The summed E-state index contributed by atoms with van der Waals surface area (Å²) >= 11 is 3.46. The Morgan fingerprint density at radius 1 is 1.19 bits per heavy atom. The minimum Gasteiger partial charge on any atom is -0.377 e. The largest absolute Gasteiger partial charge is 0.377 e. The van der Waals surface area contributed by atoms with Crippen molar-refractivity contribution in [2.45, 2.75) is 26.8 Å². The zero-order valence-corrected chi connectivity index (χ0v) is 13.8. The zero-order chi connectivity index (χ0) is 15.6. The van der Waals surface area contributed by atoms with Crippen LogP contribution >= 0.6 is 15.9 Å². The topological polar surface area (TPSA) is 55.2 Å². The molecule has 2 rings (SSSR count). The number of aryl methyl sites for hydroxylation is 2. The van der Waals surface area contributed by atoms with Crippen molar-refractivity contribution < 1.29 is 4.92 Å². The lowest BCUT2D eigenvalue weighted by Gasteiger charge is -2.17. The van der Waals surface area contributed by atoms with E-state index in [1.807, 2.05) is 13.8 Å². The van der Waals surface area contributed by atoms with Crippen LogP contribution in [0.4, 0.5) is 11.4 Å². The Kier molecular flexibility index (Phi) is 4.63. The number of hydrogen-bond acceptors (Lipinski definition) is 3. The molecule has 2 aromatic carbocycles. The first-order valence-electron chi connectivity index (χ1n) is 6.66. The first-order chi connectivity index (χ1) is 9.88. The van der Waals surface area contributed by atoms with E-state index in [0.717, 1.165) is 15.7 Å². The number of hydrogen-bond donors (Lipinski definition) is 1. The predicted molar refractivity (Wildman–Crippen MR) is 88.8 cm³/mol. The van der Waals surface area contributed by atoms with E-state index in [4.69, 9.17) is 0 Å². The Morgan fingerprint density at radius 2 is 1.81 bits per heavy atom. The average Bonchev–Trinajstić information content (AvgIpc) is 2.42. The number of halogens is 1. The van der Waals surface area contributed by atoms with E-state index >= 15 is 0 Å². The molecule has 0 aliphatic heterocycles. The second-order valence-electron chi connectivity index (χ2n) is 5.15. The Labute approximate surface area is 132 Å². The average molecular weight is 349 g/mol. The van der Waals surface area contributed by atoms with Crippen molar-refractivity contribution in [2.24, 2.45) is 0 Å². The van der Waals surface area contributed by atoms with Crippen LogP contribution < -0.4 is 5.32 Å². The Morgan fingerprint density at radius 3 is 2.38 bits per heavy atom. The van der Waals surface area contributed by atoms with Crippen molar-refractivity contribution in [2.75, 3.05) is 5.32 Å². The molecule has 2 aromatic rings. The molecule has 0 aliphatic rings. The van der Waals surface area contributed by atoms with Gasteiger partial charge >= 0.3 is 0 Å². The van der Waals surface area contributed by atoms with Crippen LogP contribution in [0.5, 0.6) is 0 Å². The molecule has 0 heterocycles. The Bertz CT molecular complexity index is 669. The van der Waals surface area contributed by atoms with Crippen molar-refractivity contribution in [3.8, 4) is 0 Å². The molecule has 5 heteroatoms. The predicted octanol–water partition coefficient (Wildman–Crippen LogP) is 5.15. The molecule has 1 N–H and O–H groups in total. The monoisotopic (exact) mass is 348 g/mol. The van der Waals surface area contributed by atoms with Crippen LogP contribution in [0.3, 0.4) is 0 Å². The van der Waals surface area contributed by atoms with Gasteiger partial charge in [-0.2, -0.15) is 0 Å². The van der Waals surface area contributed by atoms with Gasteiger partial charge in [-0.1, -0.05) is 29.8 Å². The third-order valence-corrected chi connectivity index (χ3v) is 4.09. The molecule has 4 nitrogen and oxygen atoms in total. The van der Waals surface area contributed by atoms with Gasteiger partial charge < -0.3 is 5.32 Å². The van der Waals surface area contributed by atoms with Gasteiger partial charge in [-0.3, -0.25) is 10.1 Å². The molecule has 0 saturated heterocycles. The van der Waals surface area contributed by atoms with Crippen molar-refractivity contribution in [3.05, 3.63) is 67.7 Å². The summed E-state index contributed by atoms with van der Waals surface area (Å²) in [4.78, 5) is 10.7. The quantitative estimate of drug-likeness (QED) is 0.614. The minimum atomic E-state index is -0.358. The Hall–Kier alpha value is -1.88. The summed E-state index contributed by atoms with van der Waals surface area (Å²) in [6.45, 7) is 5.81. The lowest BCUT2D eigenvalue weighted by atomic mass is 10.1. The molecule has 1 atom stereocenters. The van der Waals surface area contributed by atoms with Crippen LogP contribution in [-0.2, 0) is 0 Å². The molecular formula is C16H17BrN2O2. The number of nitrogens with zero attached hydrogens (tertiary/aromatic N) is 1. The third kappa shape index (κ3) is 3.61. The highest BCUT2D eigenvalue weighted by Crippen LogP contribution is 2.32. The molecule has 21 heavy (non-hydrogen) atoms. The fourth-order valence-electron chi connectivity index (χ4n) is 2.14. The van der Waals surface area contributed by atoms with Gasteiger partial charge in [0.2, 0.25) is 0 Å². The van der Waals surface area contributed by atoms with Gasteiger partial charge in [0, 0.05) is 22.1 Å². The fraction of sp³-hybridized carbons (Fsp3) is 0.250. The van der Waals surface area contributed by atoms with Gasteiger partial charge in [-0.25, -0.2) is 0 Å². The first kappa shape index (κ1) is 15.5. The summed E-state index contributed by atoms with van der Waals surface area (Å²) in [6.07, 6.45) is 0. The summed E-state index contributed by atoms with van der Waals surface area (Å²) in [5, 5.41) is 14.4. The maximum absolute atomic E-state index is 11.0. The number of nitro groups is 1. The van der Waals surface area contributed by atoms with Crippen LogP contribution in [0.1, 0.15) is 29.7 Å². The van der Waals surface area contributed by atoms with Crippen molar-refractivity contribution >= 4 is 27.3 Å². The molecule has 0 aliphatic carbocycles. The number of nitro benzene ring substituents is 1. The third-order valence-electron chi connectivity index (χ3n) is 3.43. The van der Waals surface area contributed by atoms with E-state index in [-0.39, 0.29) is 16.7 Å². The van der Waals surface area contributed by atoms with E-state index in [9.17, 15) is 10.1 Å². The molecule has 0 bridgehead atoms. The van der Waals surface area contributed by atoms with E-state index < -0.39 is 0 Å². The van der Waals surface area contributed by atoms with Crippen LogP contribution in [0.25, 0.3) is 0 Å². The molecule has 1 unspecified atom stereocenters. The number of nitrogens with one attached hydrogen (secondary N) is 1. The molecule has 0 fully saturated rings. The molecule has 0 saturated carbocycles. The lowest BCUT2D eigenvalue weighted by molar-refractivity contribution is -0.385. The number of anilines is 1. The van der Waals surface area contributed by atoms with Crippen molar-refractivity contribution in [1.82, 2.24) is 0 Å². The van der Waals surface area contributed by atoms with Gasteiger partial charge in [-0.05, 0) is 48.3 Å². The SMILES string of the molecule is Cc1ccc(C(C)Nc2cc([N+](=O)[O-])c(C)cc2Br)cc1. The highest BCUT2D eigenvalue weighted by Gasteiger charge is 2.16. The highest BCUT2D eigenvalue weighted by molar-refractivity contribution is 9.10. The highest BCUT2D eigenvalue weighted by atomic mass is 79.9. The molecular weight excluding hydrogens is 332 g/mol. The molecule has 0 radical (unpaired) electrons. The number of benzene rings is 2. The zero-order valence-electron chi connectivity index (χ0n) is 12.2. The van der Waals surface area contributed by atoms with Crippen molar-refractivity contribution in [3.63, 3.8) is 0 Å². The maximum atomic E-state index is 11.0. The summed E-state index contributed by atoms with van der Waals surface area (Å²) in [6, 6.07) is 11.6. The van der Waals surface area contributed by atoms with E-state index in [0.29, 0.717) is 5.56 Å². The lowest BCUT2D eigenvalue weighted by Crippen LogP contribution is -2.07. The van der Waals surface area contributed by atoms with Gasteiger partial charge in [0.05, 0.1) is 10.6 Å². The molecule has 110 valence electrons. The second kappa shape index (κ2) is 6.26. The minimum absolute atomic E-state index is 0.0595. The van der Waals surface area contributed by atoms with E-state index in [1.54, 1.807) is 19.1 Å². The normalized spacial score (nSPS) is 12.0. The van der Waals surface area contributed by atoms with Gasteiger partial charge in [0.1, 0.15) is 0 Å². The fourth-order valence-corrected chi connectivity index (χ4v) is 2.71. The Balaban J connectivity index is 2.28. The van der Waals surface area contributed by atoms with E-state index in [1.165, 1.54) is 5.56 Å². The first-order valence-corrected chi connectivity index (χ1v) is 7.45. The van der Waals surface area contributed by atoms with E-state index in [2.05, 4.69) is 45.5 Å². The molecule has 0 spiro atoms. The molecule has 0 amide bonds. The maximum Gasteiger partial charge on any atom is 0.274 e. The second-order valence-corrected chi connectivity index (χ2v) is 6.01. The van der Waals surface area contributed by atoms with Crippen LogP contribution in [-0.4, -0.2) is 4.92 Å². The van der Waals surface area contributed by atoms with Gasteiger partial charge in [0.15, 0.2) is 0 Å². The van der Waals surface area contributed by atoms with Crippen LogP contribution in [0, 0.1) is 24.0 Å². The summed E-state index contributed by atoms with van der Waals surface area (Å²) in [5.74, 6) is 0. The summed E-state index contributed by atoms with van der Waals surface area (Å²) < 4.78 is 0.824. The van der Waals surface area contributed by atoms with Gasteiger partial charge in [-0.15, -0.1) is 0 Å². The van der Waals surface area contributed by atoms with Crippen LogP contribution in [0.2, 0.25) is 0 Å². The summed E-state index contributed by atoms with van der Waals surface area (Å²) in [7, 11) is 0. The molecule has 0 aromatic heterocycles. The smallest absolute Gasteiger partial charge is 0.274 e. The van der Waals surface area contributed by atoms with Gasteiger partial charge in [0.25, 0.3) is 5.69 Å². The number of rotatable bonds is 4. The van der Waals surface area contributed by atoms with Crippen molar-refractivity contribution in [1.29, 1.82) is 0 Å².